The van der Waals surface area contributed by atoms with Crippen LogP contribution in [0.4, 0.5) is 4.79 Å². The van der Waals surface area contributed by atoms with Crippen molar-refractivity contribution >= 4 is 23.7 Å². The predicted molar refractivity (Wildman–Crippen MR) is 104 cm³/mol. The van der Waals surface area contributed by atoms with Gasteiger partial charge in [-0.15, -0.1) is 0 Å². The molecule has 0 radical (unpaired) electrons. The Hall–Kier alpha value is -2.70. The van der Waals surface area contributed by atoms with Crippen LogP contribution in [0.15, 0.2) is 6.07 Å². The number of amides is 3. The van der Waals surface area contributed by atoms with Crippen molar-refractivity contribution in [3.05, 3.63) is 33.9 Å². The molecule has 1 aliphatic rings. The first-order valence-electron chi connectivity index (χ1n) is 9.48. The molecule has 28 heavy (non-hydrogen) atoms. The zero-order valence-corrected chi connectivity index (χ0v) is 17.4. The van der Waals surface area contributed by atoms with Gasteiger partial charge in [0.15, 0.2) is 6.61 Å². The molecule has 0 unspecified atom stereocenters. The van der Waals surface area contributed by atoms with Crippen molar-refractivity contribution in [1.82, 2.24) is 10.2 Å². The molecule has 0 aliphatic carbocycles. The first-order chi connectivity index (χ1) is 13.1. The minimum absolute atomic E-state index is 0.314. The maximum Gasteiger partial charge on any atom is 0.326 e. The lowest BCUT2D eigenvalue weighted by Crippen LogP contribution is -2.46. The van der Waals surface area contributed by atoms with E-state index in [1.807, 2.05) is 27.7 Å². The molecule has 2 rings (SSSR count). The highest BCUT2D eigenvalue weighted by Crippen LogP contribution is 2.25. The summed E-state index contributed by atoms with van der Waals surface area (Å²) >= 11 is 0. The van der Waals surface area contributed by atoms with Gasteiger partial charge in [0.1, 0.15) is 12.1 Å². The van der Waals surface area contributed by atoms with Crippen LogP contribution < -0.4 is 5.32 Å². The van der Waals surface area contributed by atoms with Crippen LogP contribution in [-0.4, -0.2) is 47.3 Å². The van der Waals surface area contributed by atoms with Crippen LogP contribution in [0.3, 0.4) is 0 Å². The number of esters is 1. The van der Waals surface area contributed by atoms with Crippen molar-refractivity contribution in [3.8, 4) is 0 Å². The van der Waals surface area contributed by atoms with Crippen molar-refractivity contribution in [3.63, 3.8) is 0 Å². The molecule has 0 aromatic heterocycles. The van der Waals surface area contributed by atoms with Crippen molar-refractivity contribution < 1.29 is 23.9 Å². The van der Waals surface area contributed by atoms with Gasteiger partial charge in [-0.05, 0) is 68.9 Å². The van der Waals surface area contributed by atoms with E-state index >= 15 is 0 Å². The van der Waals surface area contributed by atoms with Crippen LogP contribution in [0.25, 0.3) is 0 Å². The first kappa shape index (κ1) is 21.6. The molecule has 1 aromatic carbocycles. The van der Waals surface area contributed by atoms with Gasteiger partial charge in [0.2, 0.25) is 5.78 Å². The van der Waals surface area contributed by atoms with Gasteiger partial charge >= 0.3 is 12.0 Å². The summed E-state index contributed by atoms with van der Waals surface area (Å²) < 4.78 is 5.05. The molecule has 1 aliphatic heterocycles. The maximum absolute atomic E-state index is 12.5. The maximum atomic E-state index is 12.5. The SMILES string of the molecule is CCC1(CC)NC(=O)N(CC(=O)OCC(=O)c2cc(C)c(C)c(C)c2C)C1=O. The molecular weight excluding hydrogens is 360 g/mol. The third-order valence-electron chi connectivity index (χ3n) is 5.89. The molecule has 7 heteroatoms. The second-order valence-electron chi connectivity index (χ2n) is 7.31. The molecule has 1 heterocycles. The van der Waals surface area contributed by atoms with Crippen molar-refractivity contribution in [2.75, 3.05) is 13.2 Å². The van der Waals surface area contributed by atoms with Gasteiger partial charge < -0.3 is 10.1 Å². The Kier molecular flexibility index (Phi) is 6.27. The monoisotopic (exact) mass is 388 g/mol. The van der Waals surface area contributed by atoms with Gasteiger partial charge in [0, 0.05) is 5.56 Å². The molecule has 0 saturated carbocycles. The highest BCUT2D eigenvalue weighted by Gasteiger charge is 2.49. The third kappa shape index (κ3) is 3.79. The second-order valence-corrected chi connectivity index (χ2v) is 7.31. The zero-order chi connectivity index (χ0) is 21.2. The molecule has 0 atom stereocenters. The first-order valence-corrected chi connectivity index (χ1v) is 9.48. The van der Waals surface area contributed by atoms with E-state index in [1.54, 1.807) is 19.9 Å². The summed E-state index contributed by atoms with van der Waals surface area (Å²) in [5.74, 6) is -1.55. The molecule has 1 aromatic rings. The molecule has 1 fully saturated rings. The number of Topliss-reactive ketones (excluding diaryl/α,β-unsaturated/α-hetero) is 1. The Bertz CT molecular complexity index is 840. The summed E-state index contributed by atoms with van der Waals surface area (Å²) in [6.07, 6.45) is 0.868. The van der Waals surface area contributed by atoms with Gasteiger partial charge in [0.05, 0.1) is 0 Å². The molecule has 0 bridgehead atoms. The lowest BCUT2D eigenvalue weighted by atomic mass is 9.93. The number of carbonyl (C=O) groups excluding carboxylic acids is 4. The van der Waals surface area contributed by atoms with Gasteiger partial charge in [-0.1, -0.05) is 13.8 Å². The molecule has 7 nitrogen and oxygen atoms in total. The van der Waals surface area contributed by atoms with E-state index in [9.17, 15) is 19.2 Å². The Balaban J connectivity index is 2.03. The molecule has 152 valence electrons. The number of ketones is 1. The minimum Gasteiger partial charge on any atom is -0.456 e. The summed E-state index contributed by atoms with van der Waals surface area (Å²) in [6.45, 7) is 10.4. The number of aryl methyl sites for hydroxylation is 1. The Morgan fingerprint density at radius 2 is 1.64 bits per heavy atom. The number of hydrogen-bond acceptors (Lipinski definition) is 5. The number of imide groups is 1. The van der Waals surface area contributed by atoms with Crippen LogP contribution in [0.1, 0.15) is 59.3 Å². The van der Waals surface area contributed by atoms with E-state index in [0.717, 1.165) is 27.2 Å². The average Bonchev–Trinajstić information content (AvgIpc) is 2.91. The lowest BCUT2D eigenvalue weighted by molar-refractivity contribution is -0.146. The molecule has 3 amide bonds. The predicted octanol–water partition coefficient (Wildman–Crippen LogP) is 2.76. The summed E-state index contributed by atoms with van der Waals surface area (Å²) in [6, 6.07) is 1.18. The quantitative estimate of drug-likeness (QED) is 0.440. The number of nitrogens with zero attached hydrogens (tertiary/aromatic N) is 1. The number of ether oxygens (including phenoxy) is 1. The van der Waals surface area contributed by atoms with Gasteiger partial charge in [-0.25, -0.2) is 4.79 Å². The zero-order valence-electron chi connectivity index (χ0n) is 17.4. The standard InChI is InChI=1S/C21H28N2O5/c1-7-21(8-2)19(26)23(20(27)22-21)10-18(25)28-11-17(24)16-9-12(3)13(4)14(5)15(16)6/h9H,7-8,10-11H2,1-6H3,(H,22,27). The fourth-order valence-corrected chi connectivity index (χ4v) is 3.45. The number of hydrogen-bond donors (Lipinski definition) is 1. The number of carbonyl (C=O) groups is 4. The van der Waals surface area contributed by atoms with Crippen LogP contribution >= 0.6 is 0 Å². The number of benzene rings is 1. The molecule has 1 saturated heterocycles. The van der Waals surface area contributed by atoms with Crippen LogP contribution in [0.2, 0.25) is 0 Å². The van der Waals surface area contributed by atoms with Crippen molar-refractivity contribution in [1.29, 1.82) is 0 Å². The van der Waals surface area contributed by atoms with Crippen molar-refractivity contribution in [2.24, 2.45) is 0 Å². The fourth-order valence-electron chi connectivity index (χ4n) is 3.45. The van der Waals surface area contributed by atoms with E-state index in [4.69, 9.17) is 4.74 Å². The second kappa shape index (κ2) is 8.12. The topological polar surface area (TPSA) is 92.8 Å². The highest BCUT2D eigenvalue weighted by molar-refractivity contribution is 6.08. The van der Waals surface area contributed by atoms with Crippen LogP contribution in [0, 0.1) is 27.7 Å². The van der Waals surface area contributed by atoms with E-state index in [1.165, 1.54) is 0 Å². The van der Waals surface area contributed by atoms with Gasteiger partial charge in [-0.2, -0.15) is 0 Å². The van der Waals surface area contributed by atoms with Crippen LogP contribution in [-0.2, 0) is 14.3 Å². The summed E-state index contributed by atoms with van der Waals surface area (Å²) in [4.78, 5) is 50.1. The van der Waals surface area contributed by atoms with E-state index in [-0.39, 0.29) is 5.78 Å². The van der Waals surface area contributed by atoms with Gasteiger partial charge in [0.25, 0.3) is 5.91 Å². The Morgan fingerprint density at radius 3 is 2.18 bits per heavy atom. The number of rotatable bonds is 7. The van der Waals surface area contributed by atoms with Crippen LogP contribution in [0.5, 0.6) is 0 Å². The van der Waals surface area contributed by atoms with Crippen molar-refractivity contribution in [2.45, 2.75) is 59.9 Å². The lowest BCUT2D eigenvalue weighted by Gasteiger charge is -2.22. The number of urea groups is 1. The third-order valence-corrected chi connectivity index (χ3v) is 5.89. The van der Waals surface area contributed by atoms with E-state index < -0.39 is 36.6 Å². The normalized spacial score (nSPS) is 15.6. The number of nitrogens with one attached hydrogen (secondary N) is 1. The summed E-state index contributed by atoms with van der Waals surface area (Å²) in [5.41, 5.74) is 3.55. The van der Waals surface area contributed by atoms with E-state index in [2.05, 4.69) is 5.32 Å². The minimum atomic E-state index is -0.971. The molecular formula is C21H28N2O5. The van der Waals surface area contributed by atoms with E-state index in [0.29, 0.717) is 18.4 Å². The summed E-state index contributed by atoms with van der Waals surface area (Å²) in [5, 5.41) is 2.65. The Morgan fingerprint density at radius 1 is 1.04 bits per heavy atom. The largest absolute Gasteiger partial charge is 0.456 e. The smallest absolute Gasteiger partial charge is 0.326 e. The van der Waals surface area contributed by atoms with Gasteiger partial charge in [-0.3, -0.25) is 19.3 Å². The fraction of sp³-hybridized carbons (Fsp3) is 0.524. The molecule has 0 spiro atoms. The molecule has 1 N–H and O–H groups in total. The highest BCUT2D eigenvalue weighted by atomic mass is 16.5. The average molecular weight is 388 g/mol. The summed E-state index contributed by atoms with van der Waals surface area (Å²) in [7, 11) is 0. The Labute approximate surface area is 165 Å².